The van der Waals surface area contributed by atoms with E-state index in [0.29, 0.717) is 12.0 Å². The summed E-state index contributed by atoms with van der Waals surface area (Å²) in [6.45, 7) is 2.78. The zero-order valence-electron chi connectivity index (χ0n) is 13.4. The Bertz CT molecular complexity index is 954. The standard InChI is InChI=1S/C20H17FN2O/c1-2-17(20(24)13-3-5-16(21)6-4-13)15-11-14-7-9-23-10-8-22-18(12-15)19(14)23/h3-9,11-12,17H,2,10H2,1H3. The van der Waals surface area contributed by atoms with E-state index in [1.54, 1.807) is 12.1 Å². The van der Waals surface area contributed by atoms with Gasteiger partial charge >= 0.3 is 0 Å². The van der Waals surface area contributed by atoms with E-state index in [9.17, 15) is 9.18 Å². The number of carbonyl (C=O) groups is 1. The number of halogens is 1. The van der Waals surface area contributed by atoms with Crippen LogP contribution in [0, 0.1) is 5.82 Å². The summed E-state index contributed by atoms with van der Waals surface area (Å²) in [5, 5.41) is 1.10. The van der Waals surface area contributed by atoms with E-state index < -0.39 is 0 Å². The SMILES string of the molecule is CCC(C(=O)c1ccc(F)cc1)c1cc2c3c(ccn3CC=N2)c1. The average molecular weight is 320 g/mol. The Morgan fingerprint density at radius 2 is 2.04 bits per heavy atom. The van der Waals surface area contributed by atoms with Crippen molar-refractivity contribution in [2.24, 2.45) is 4.99 Å². The van der Waals surface area contributed by atoms with Crippen LogP contribution in [0.3, 0.4) is 0 Å². The summed E-state index contributed by atoms with van der Waals surface area (Å²) in [5.41, 5.74) is 3.53. The second-order valence-electron chi connectivity index (χ2n) is 6.09. The molecule has 0 N–H and O–H groups in total. The second-order valence-corrected chi connectivity index (χ2v) is 6.09. The lowest BCUT2D eigenvalue weighted by atomic mass is 9.87. The van der Waals surface area contributed by atoms with Gasteiger partial charge in [-0.15, -0.1) is 0 Å². The summed E-state index contributed by atoms with van der Waals surface area (Å²) >= 11 is 0. The van der Waals surface area contributed by atoms with Crippen LogP contribution >= 0.6 is 0 Å². The van der Waals surface area contributed by atoms with E-state index in [4.69, 9.17) is 0 Å². The fraction of sp³-hybridized carbons (Fsp3) is 0.200. The van der Waals surface area contributed by atoms with Crippen LogP contribution < -0.4 is 0 Å². The van der Waals surface area contributed by atoms with Gasteiger partial charge in [0.25, 0.3) is 0 Å². The number of hydrogen-bond donors (Lipinski definition) is 0. The average Bonchev–Trinajstić information content (AvgIpc) is 3.01. The second kappa shape index (κ2) is 5.71. The smallest absolute Gasteiger partial charge is 0.170 e. The predicted molar refractivity (Wildman–Crippen MR) is 93.9 cm³/mol. The molecule has 0 bridgehead atoms. The van der Waals surface area contributed by atoms with Gasteiger partial charge in [-0.3, -0.25) is 9.79 Å². The highest BCUT2D eigenvalue weighted by Crippen LogP contribution is 2.35. The van der Waals surface area contributed by atoms with E-state index in [0.717, 1.165) is 28.7 Å². The molecule has 0 spiro atoms. The molecule has 0 aliphatic carbocycles. The summed E-state index contributed by atoms with van der Waals surface area (Å²) < 4.78 is 15.3. The molecule has 0 saturated carbocycles. The minimum atomic E-state index is -0.332. The van der Waals surface area contributed by atoms with Crippen molar-refractivity contribution in [2.45, 2.75) is 25.8 Å². The number of hydrogen-bond acceptors (Lipinski definition) is 2. The zero-order chi connectivity index (χ0) is 16.7. The molecule has 3 aromatic rings. The number of carbonyl (C=O) groups excluding carboxylic acids is 1. The molecule has 1 unspecified atom stereocenters. The van der Waals surface area contributed by atoms with Gasteiger partial charge in [-0.1, -0.05) is 6.92 Å². The molecule has 2 heterocycles. The molecule has 1 aromatic heterocycles. The molecule has 1 atom stereocenters. The number of ketones is 1. The molecule has 0 radical (unpaired) electrons. The highest BCUT2D eigenvalue weighted by molar-refractivity contribution is 6.02. The fourth-order valence-electron chi connectivity index (χ4n) is 3.42. The first-order valence-corrected chi connectivity index (χ1v) is 8.12. The highest BCUT2D eigenvalue weighted by atomic mass is 19.1. The molecule has 0 fully saturated rings. The van der Waals surface area contributed by atoms with Gasteiger partial charge in [0.05, 0.1) is 17.7 Å². The molecule has 3 nitrogen and oxygen atoms in total. The third-order valence-electron chi connectivity index (χ3n) is 4.63. The molecule has 0 saturated heterocycles. The molecule has 4 rings (SSSR count). The Labute approximate surface area is 139 Å². The Kier molecular flexibility index (Phi) is 3.53. The molecule has 120 valence electrons. The van der Waals surface area contributed by atoms with Crippen molar-refractivity contribution in [1.29, 1.82) is 0 Å². The monoisotopic (exact) mass is 320 g/mol. The van der Waals surface area contributed by atoms with Crippen LogP contribution in [0.4, 0.5) is 10.1 Å². The zero-order valence-corrected chi connectivity index (χ0v) is 13.4. The molecular weight excluding hydrogens is 303 g/mol. The highest BCUT2D eigenvalue weighted by Gasteiger charge is 2.22. The lowest BCUT2D eigenvalue weighted by Gasteiger charge is -2.17. The van der Waals surface area contributed by atoms with E-state index in [1.807, 2.05) is 25.4 Å². The lowest BCUT2D eigenvalue weighted by molar-refractivity contribution is 0.0957. The number of aliphatic imine (C=N–C) groups is 1. The van der Waals surface area contributed by atoms with Crippen molar-refractivity contribution in [3.63, 3.8) is 0 Å². The Morgan fingerprint density at radius 1 is 1.25 bits per heavy atom. The van der Waals surface area contributed by atoms with Gasteiger partial charge in [0.15, 0.2) is 5.78 Å². The van der Waals surface area contributed by atoms with Crippen LogP contribution in [-0.2, 0) is 6.54 Å². The molecule has 2 aromatic carbocycles. The third-order valence-corrected chi connectivity index (χ3v) is 4.63. The largest absolute Gasteiger partial charge is 0.340 e. The van der Waals surface area contributed by atoms with Crippen molar-refractivity contribution in [1.82, 2.24) is 4.57 Å². The van der Waals surface area contributed by atoms with Gasteiger partial charge in [0.1, 0.15) is 5.82 Å². The fourth-order valence-corrected chi connectivity index (χ4v) is 3.42. The van der Waals surface area contributed by atoms with E-state index in [-0.39, 0.29) is 17.5 Å². The number of Topliss-reactive ketones (excluding diaryl/α,β-unsaturated/α-hetero) is 1. The maximum atomic E-state index is 13.1. The predicted octanol–water partition coefficient (Wildman–Crippen LogP) is 4.87. The maximum Gasteiger partial charge on any atom is 0.170 e. The minimum absolute atomic E-state index is 0.0169. The molecule has 0 amide bonds. The van der Waals surface area contributed by atoms with Crippen LogP contribution in [0.5, 0.6) is 0 Å². The lowest BCUT2D eigenvalue weighted by Crippen LogP contribution is -2.12. The van der Waals surface area contributed by atoms with E-state index >= 15 is 0 Å². The molecular formula is C20H17FN2O. The van der Waals surface area contributed by atoms with Gasteiger partial charge in [0, 0.05) is 29.3 Å². The van der Waals surface area contributed by atoms with Crippen molar-refractivity contribution in [2.75, 3.05) is 0 Å². The molecule has 4 heteroatoms. The molecule has 24 heavy (non-hydrogen) atoms. The van der Waals surface area contributed by atoms with Crippen molar-refractivity contribution in [3.8, 4) is 0 Å². The topological polar surface area (TPSA) is 34.4 Å². The molecule has 1 aliphatic heterocycles. The first-order valence-electron chi connectivity index (χ1n) is 8.12. The quantitative estimate of drug-likeness (QED) is 0.631. The van der Waals surface area contributed by atoms with Crippen LogP contribution in [0.25, 0.3) is 10.9 Å². The Balaban J connectivity index is 1.78. The van der Waals surface area contributed by atoms with E-state index in [2.05, 4.69) is 21.7 Å². The first kappa shape index (κ1) is 14.8. The summed E-state index contributed by atoms with van der Waals surface area (Å²) in [5.74, 6) is -0.569. The van der Waals surface area contributed by atoms with Crippen LogP contribution in [0.15, 0.2) is 53.7 Å². The summed E-state index contributed by atoms with van der Waals surface area (Å²) in [6.07, 6.45) is 4.62. The van der Waals surface area contributed by atoms with Crippen LogP contribution in [0.2, 0.25) is 0 Å². The van der Waals surface area contributed by atoms with Crippen LogP contribution in [-0.4, -0.2) is 16.6 Å². The number of rotatable bonds is 4. The van der Waals surface area contributed by atoms with Gasteiger partial charge in [-0.05, 0) is 54.4 Å². The first-order chi connectivity index (χ1) is 11.7. The molecule has 1 aliphatic rings. The Hall–Kier alpha value is -2.75. The van der Waals surface area contributed by atoms with Gasteiger partial charge in [0.2, 0.25) is 0 Å². The third kappa shape index (κ3) is 2.35. The van der Waals surface area contributed by atoms with E-state index in [1.165, 1.54) is 12.1 Å². The van der Waals surface area contributed by atoms with Gasteiger partial charge in [-0.2, -0.15) is 0 Å². The number of aromatic nitrogens is 1. The normalized spacial score (nSPS) is 14.1. The van der Waals surface area contributed by atoms with Gasteiger partial charge in [-0.25, -0.2) is 4.39 Å². The van der Waals surface area contributed by atoms with Gasteiger partial charge < -0.3 is 4.57 Å². The number of nitrogens with zero attached hydrogens (tertiary/aromatic N) is 2. The van der Waals surface area contributed by atoms with Crippen LogP contribution in [0.1, 0.15) is 35.2 Å². The summed E-state index contributed by atoms with van der Waals surface area (Å²) in [7, 11) is 0. The van der Waals surface area contributed by atoms with Crippen molar-refractivity contribution in [3.05, 3.63) is 65.6 Å². The summed E-state index contributed by atoms with van der Waals surface area (Å²) in [4.78, 5) is 17.4. The summed E-state index contributed by atoms with van der Waals surface area (Å²) in [6, 6.07) is 11.9. The Morgan fingerprint density at radius 3 is 2.79 bits per heavy atom. The van der Waals surface area contributed by atoms with Crippen molar-refractivity contribution >= 4 is 28.6 Å². The minimum Gasteiger partial charge on any atom is -0.340 e. The maximum absolute atomic E-state index is 13.1. The van der Waals surface area contributed by atoms with Crippen molar-refractivity contribution < 1.29 is 9.18 Å². The number of benzene rings is 2.